The molecule has 1 aliphatic carbocycles. The molecule has 1 rings (SSSR count). The monoisotopic (exact) mass is 206 g/mol. The van der Waals surface area contributed by atoms with Gasteiger partial charge < -0.3 is 0 Å². The van der Waals surface area contributed by atoms with Gasteiger partial charge in [-0.1, -0.05) is 26.8 Å². The van der Waals surface area contributed by atoms with Crippen LogP contribution >= 0.6 is 0 Å². The smallest absolute Gasteiger partial charge is 0.166 e. The van der Waals surface area contributed by atoms with Gasteiger partial charge >= 0.3 is 6.18 Å². The predicted octanol–water partition coefficient (Wildman–Crippen LogP) is 4.18. The van der Waals surface area contributed by atoms with Gasteiger partial charge in [0.25, 0.3) is 0 Å². The highest BCUT2D eigenvalue weighted by Crippen LogP contribution is 2.40. The van der Waals surface area contributed by atoms with Crippen LogP contribution in [0.5, 0.6) is 0 Å². The van der Waals surface area contributed by atoms with Crippen LogP contribution in [0.2, 0.25) is 0 Å². The molecule has 0 aromatic carbocycles. The van der Waals surface area contributed by atoms with Gasteiger partial charge in [-0.3, -0.25) is 0 Å². The molecule has 0 heterocycles. The van der Waals surface area contributed by atoms with Crippen molar-refractivity contribution >= 4 is 0 Å². The molecule has 0 nitrogen and oxygen atoms in total. The summed E-state index contributed by atoms with van der Waals surface area (Å²) in [7, 11) is 0. The lowest BCUT2D eigenvalue weighted by Crippen LogP contribution is -2.26. The van der Waals surface area contributed by atoms with Crippen LogP contribution in [0.25, 0.3) is 0 Å². The second kappa shape index (κ2) is 3.95. The first-order chi connectivity index (χ1) is 6.32. The second-order valence-corrected chi connectivity index (χ2v) is 4.55. The van der Waals surface area contributed by atoms with E-state index in [1.54, 1.807) is 0 Å². The number of halogens is 3. The first-order valence-corrected chi connectivity index (χ1v) is 5.08. The summed E-state index contributed by atoms with van der Waals surface area (Å²) in [4.78, 5) is 0. The van der Waals surface area contributed by atoms with Crippen molar-refractivity contribution in [3.05, 3.63) is 11.6 Å². The molecular formula is C11H17F3. The number of alkyl halides is 3. The molecular weight excluding hydrogens is 189 g/mol. The Hall–Kier alpha value is -0.470. The van der Waals surface area contributed by atoms with Crippen LogP contribution in [0.3, 0.4) is 0 Å². The van der Waals surface area contributed by atoms with Crippen LogP contribution in [0, 0.1) is 17.8 Å². The molecule has 0 N–H and O–H groups in total. The Balaban J connectivity index is 2.73. The number of hydrogen-bond donors (Lipinski definition) is 0. The summed E-state index contributed by atoms with van der Waals surface area (Å²) in [6.45, 7) is 6.07. The maximum Gasteiger partial charge on any atom is 0.412 e. The molecule has 0 amide bonds. The number of allylic oxidation sites excluding steroid dienone is 2. The van der Waals surface area contributed by atoms with Gasteiger partial charge in [0.15, 0.2) is 0 Å². The molecule has 0 saturated carbocycles. The van der Waals surface area contributed by atoms with E-state index in [4.69, 9.17) is 0 Å². The lowest BCUT2D eigenvalue weighted by Gasteiger charge is -2.32. The highest BCUT2D eigenvalue weighted by Gasteiger charge is 2.38. The molecule has 2 atom stereocenters. The minimum absolute atomic E-state index is 0.150. The highest BCUT2D eigenvalue weighted by molar-refractivity contribution is 5.13. The van der Waals surface area contributed by atoms with E-state index in [9.17, 15) is 13.2 Å². The fraction of sp³-hybridized carbons (Fsp3) is 0.818. The van der Waals surface area contributed by atoms with Crippen molar-refractivity contribution in [2.24, 2.45) is 17.8 Å². The topological polar surface area (TPSA) is 0 Å². The van der Waals surface area contributed by atoms with E-state index >= 15 is 0 Å². The fourth-order valence-corrected chi connectivity index (χ4v) is 2.25. The maximum atomic E-state index is 12.4. The molecule has 82 valence electrons. The van der Waals surface area contributed by atoms with Crippen LogP contribution in [-0.4, -0.2) is 6.18 Å². The van der Waals surface area contributed by atoms with Crippen molar-refractivity contribution in [1.82, 2.24) is 0 Å². The van der Waals surface area contributed by atoms with Gasteiger partial charge in [-0.2, -0.15) is 13.2 Å². The molecule has 2 unspecified atom stereocenters. The van der Waals surface area contributed by atoms with Gasteiger partial charge in [-0.25, -0.2) is 0 Å². The molecule has 0 radical (unpaired) electrons. The minimum Gasteiger partial charge on any atom is -0.166 e. The lowest BCUT2D eigenvalue weighted by atomic mass is 9.75. The third-order valence-corrected chi connectivity index (χ3v) is 3.13. The number of hydrogen-bond acceptors (Lipinski definition) is 0. The zero-order valence-electron chi connectivity index (χ0n) is 8.86. The standard InChI is InChI=1S/C11H17F3/c1-7(2)10-5-4-9(6-8(10)3)11(12,13)14/h4,7-8,10H,5-6H2,1-3H3. The third kappa shape index (κ3) is 2.52. The molecule has 0 saturated heterocycles. The molecule has 0 aromatic rings. The van der Waals surface area contributed by atoms with Crippen LogP contribution < -0.4 is 0 Å². The van der Waals surface area contributed by atoms with E-state index in [0.717, 1.165) is 0 Å². The van der Waals surface area contributed by atoms with Crippen LogP contribution in [0.1, 0.15) is 33.6 Å². The maximum absolute atomic E-state index is 12.4. The van der Waals surface area contributed by atoms with Crippen molar-refractivity contribution < 1.29 is 13.2 Å². The molecule has 0 aromatic heterocycles. The Morgan fingerprint density at radius 1 is 1.36 bits per heavy atom. The zero-order valence-corrected chi connectivity index (χ0v) is 8.86. The normalized spacial score (nSPS) is 29.2. The van der Waals surface area contributed by atoms with Gasteiger partial charge in [-0.15, -0.1) is 0 Å². The Morgan fingerprint density at radius 2 is 1.93 bits per heavy atom. The van der Waals surface area contributed by atoms with Gasteiger partial charge in [0.2, 0.25) is 0 Å². The summed E-state index contributed by atoms with van der Waals surface area (Å²) in [6.07, 6.45) is -1.97. The molecule has 14 heavy (non-hydrogen) atoms. The van der Waals surface area contributed by atoms with Gasteiger partial charge in [-0.05, 0) is 30.6 Å². The van der Waals surface area contributed by atoms with Gasteiger partial charge in [0.05, 0.1) is 0 Å². The SMILES string of the molecule is CC(C)C1CC=C(C(F)(F)F)CC1C. The van der Waals surface area contributed by atoms with Crippen molar-refractivity contribution in [2.75, 3.05) is 0 Å². The molecule has 3 heteroatoms. The minimum atomic E-state index is -4.11. The van der Waals surface area contributed by atoms with E-state index < -0.39 is 6.18 Å². The summed E-state index contributed by atoms with van der Waals surface area (Å²) in [5.74, 6) is 1.02. The Kier molecular flexibility index (Phi) is 3.28. The van der Waals surface area contributed by atoms with Crippen molar-refractivity contribution in [2.45, 2.75) is 39.8 Å². The molecule has 0 fully saturated rings. The Morgan fingerprint density at radius 3 is 2.29 bits per heavy atom. The largest absolute Gasteiger partial charge is 0.412 e. The molecule has 0 bridgehead atoms. The van der Waals surface area contributed by atoms with E-state index in [1.807, 2.05) is 6.92 Å². The molecule has 0 aliphatic heterocycles. The van der Waals surface area contributed by atoms with E-state index in [2.05, 4.69) is 13.8 Å². The molecule has 0 spiro atoms. The first-order valence-electron chi connectivity index (χ1n) is 5.08. The summed E-state index contributed by atoms with van der Waals surface area (Å²) in [5.41, 5.74) is -0.332. The Bertz CT molecular complexity index is 225. The summed E-state index contributed by atoms with van der Waals surface area (Å²) >= 11 is 0. The van der Waals surface area contributed by atoms with Crippen molar-refractivity contribution in [3.63, 3.8) is 0 Å². The quantitative estimate of drug-likeness (QED) is 0.565. The first kappa shape index (κ1) is 11.6. The highest BCUT2D eigenvalue weighted by atomic mass is 19.4. The summed E-state index contributed by atoms with van der Waals surface area (Å²) in [5, 5.41) is 0. The Labute approximate surface area is 83.2 Å². The van der Waals surface area contributed by atoms with E-state index in [1.165, 1.54) is 6.08 Å². The van der Waals surface area contributed by atoms with Crippen LogP contribution in [0.4, 0.5) is 13.2 Å². The predicted molar refractivity (Wildman–Crippen MR) is 50.9 cm³/mol. The average Bonchev–Trinajstić information content (AvgIpc) is 2.01. The van der Waals surface area contributed by atoms with Gasteiger partial charge in [0.1, 0.15) is 0 Å². The third-order valence-electron chi connectivity index (χ3n) is 3.13. The van der Waals surface area contributed by atoms with Crippen LogP contribution in [-0.2, 0) is 0 Å². The van der Waals surface area contributed by atoms with Crippen molar-refractivity contribution in [3.8, 4) is 0 Å². The zero-order chi connectivity index (χ0) is 10.9. The second-order valence-electron chi connectivity index (χ2n) is 4.55. The van der Waals surface area contributed by atoms with Crippen molar-refractivity contribution in [1.29, 1.82) is 0 Å². The summed E-state index contributed by atoms with van der Waals surface area (Å²) in [6, 6.07) is 0. The molecule has 1 aliphatic rings. The van der Waals surface area contributed by atoms with E-state index in [-0.39, 0.29) is 17.9 Å². The average molecular weight is 206 g/mol. The fourth-order valence-electron chi connectivity index (χ4n) is 2.25. The van der Waals surface area contributed by atoms with Crippen LogP contribution in [0.15, 0.2) is 11.6 Å². The lowest BCUT2D eigenvalue weighted by molar-refractivity contribution is -0.0977. The summed E-state index contributed by atoms with van der Waals surface area (Å²) < 4.78 is 37.1. The van der Waals surface area contributed by atoms with E-state index in [0.29, 0.717) is 18.3 Å². The van der Waals surface area contributed by atoms with Gasteiger partial charge in [0, 0.05) is 5.57 Å². The number of rotatable bonds is 1.